The van der Waals surface area contributed by atoms with Crippen LogP contribution >= 0.6 is 11.8 Å². The SMILES string of the molecule is CCCCC(=O)N=C1S[C@@H]2CS(=O)(=O)C[C@@H]2N1[C@@H]1C[C@H]2CC[C@H]1C2. The molecular weight excluding hydrogens is 344 g/mol. The van der Waals surface area contributed by atoms with Crippen molar-refractivity contribution in [1.29, 1.82) is 0 Å². The number of sulfone groups is 1. The highest BCUT2D eigenvalue weighted by Gasteiger charge is 2.54. The Morgan fingerprint density at radius 3 is 2.75 bits per heavy atom. The monoisotopic (exact) mass is 370 g/mol. The quantitative estimate of drug-likeness (QED) is 0.760. The standard InChI is InChI=1S/C17H26N2O3S2/c1-2-3-4-16(20)18-17-19(13-8-11-5-6-12(13)7-11)14-9-24(21,22)10-15(14)23-17/h11-15H,2-10H2,1H3/t11-,12-,13+,14-,15+/m0/s1. The zero-order valence-electron chi connectivity index (χ0n) is 14.2. The fourth-order valence-corrected chi connectivity index (χ4v) is 9.01. The van der Waals surface area contributed by atoms with Gasteiger partial charge in [0, 0.05) is 17.7 Å². The van der Waals surface area contributed by atoms with Gasteiger partial charge in [-0.2, -0.15) is 4.99 Å². The average Bonchev–Trinajstić information content (AvgIpc) is 3.24. The summed E-state index contributed by atoms with van der Waals surface area (Å²) < 4.78 is 24.2. The smallest absolute Gasteiger partial charge is 0.248 e. The fraction of sp³-hybridized carbons (Fsp3) is 0.882. The molecule has 0 N–H and O–H groups in total. The fourth-order valence-electron chi connectivity index (χ4n) is 5.02. The Morgan fingerprint density at radius 2 is 2.08 bits per heavy atom. The lowest BCUT2D eigenvalue weighted by atomic mass is 9.93. The molecule has 134 valence electrons. The van der Waals surface area contributed by atoms with Gasteiger partial charge in [-0.25, -0.2) is 8.42 Å². The second kappa shape index (κ2) is 6.31. The second-order valence-corrected chi connectivity index (χ2v) is 11.2. The van der Waals surface area contributed by atoms with E-state index < -0.39 is 9.84 Å². The number of aliphatic imine (C=N–C) groups is 1. The number of hydrogen-bond acceptors (Lipinski definition) is 4. The van der Waals surface area contributed by atoms with E-state index in [2.05, 4.69) is 16.8 Å². The maximum Gasteiger partial charge on any atom is 0.248 e. The van der Waals surface area contributed by atoms with Crippen molar-refractivity contribution in [2.75, 3.05) is 11.5 Å². The van der Waals surface area contributed by atoms with E-state index >= 15 is 0 Å². The first-order valence-electron chi connectivity index (χ1n) is 9.24. The summed E-state index contributed by atoms with van der Waals surface area (Å²) in [4.78, 5) is 18.9. The van der Waals surface area contributed by atoms with Gasteiger partial charge in [0.2, 0.25) is 5.91 Å². The number of rotatable bonds is 4. The minimum Gasteiger partial charge on any atom is -0.343 e. The van der Waals surface area contributed by atoms with Gasteiger partial charge in [-0.15, -0.1) is 0 Å². The molecule has 5 atom stereocenters. The van der Waals surface area contributed by atoms with Crippen LogP contribution in [-0.4, -0.2) is 53.2 Å². The molecule has 2 aliphatic carbocycles. The number of carbonyl (C=O) groups is 1. The van der Waals surface area contributed by atoms with Crippen LogP contribution < -0.4 is 0 Å². The number of amides is 1. The van der Waals surface area contributed by atoms with Crippen molar-refractivity contribution in [2.24, 2.45) is 16.8 Å². The average molecular weight is 371 g/mol. The Morgan fingerprint density at radius 1 is 1.25 bits per heavy atom. The topological polar surface area (TPSA) is 66.8 Å². The van der Waals surface area contributed by atoms with Gasteiger partial charge in [-0.05, 0) is 37.5 Å². The molecular formula is C17H26N2O3S2. The molecule has 0 radical (unpaired) electrons. The second-order valence-electron chi connectivity index (χ2n) is 7.84. The van der Waals surface area contributed by atoms with Gasteiger partial charge in [0.25, 0.3) is 0 Å². The van der Waals surface area contributed by atoms with Gasteiger partial charge in [0.05, 0.1) is 17.5 Å². The van der Waals surface area contributed by atoms with Crippen LogP contribution in [0.4, 0.5) is 0 Å². The van der Waals surface area contributed by atoms with Crippen LogP contribution in [0.15, 0.2) is 4.99 Å². The summed E-state index contributed by atoms with van der Waals surface area (Å²) in [6, 6.07) is 0.430. The van der Waals surface area contributed by atoms with Crippen molar-refractivity contribution in [2.45, 2.75) is 69.2 Å². The molecule has 0 aromatic heterocycles. The Labute approximate surface area is 148 Å². The Balaban J connectivity index is 1.59. The molecule has 7 heteroatoms. The van der Waals surface area contributed by atoms with E-state index in [9.17, 15) is 13.2 Å². The zero-order valence-corrected chi connectivity index (χ0v) is 15.8. The molecule has 0 aromatic carbocycles. The lowest BCUT2D eigenvalue weighted by Crippen LogP contribution is -2.47. The first kappa shape index (κ1) is 16.9. The van der Waals surface area contributed by atoms with Crippen molar-refractivity contribution in [3.63, 3.8) is 0 Å². The lowest BCUT2D eigenvalue weighted by molar-refractivity contribution is -0.117. The highest BCUT2D eigenvalue weighted by molar-refractivity contribution is 8.15. The zero-order chi connectivity index (χ0) is 16.9. The molecule has 5 nitrogen and oxygen atoms in total. The van der Waals surface area contributed by atoms with Crippen LogP contribution in [0, 0.1) is 11.8 Å². The van der Waals surface area contributed by atoms with E-state index in [0.29, 0.717) is 18.4 Å². The summed E-state index contributed by atoms with van der Waals surface area (Å²) >= 11 is 1.54. The Kier molecular flexibility index (Phi) is 4.44. The van der Waals surface area contributed by atoms with Crippen molar-refractivity contribution in [3.05, 3.63) is 0 Å². The third-order valence-corrected chi connectivity index (χ3v) is 9.35. The number of fused-ring (bicyclic) bond motifs is 3. The number of unbranched alkanes of at least 4 members (excludes halogenated alkanes) is 1. The maximum absolute atomic E-state index is 12.2. The van der Waals surface area contributed by atoms with Gasteiger partial charge in [-0.3, -0.25) is 4.79 Å². The third kappa shape index (κ3) is 3.02. The summed E-state index contributed by atoms with van der Waals surface area (Å²) in [5.41, 5.74) is 0. The molecule has 2 saturated carbocycles. The third-order valence-electron chi connectivity index (χ3n) is 6.13. The van der Waals surface area contributed by atoms with Crippen LogP contribution in [0.3, 0.4) is 0 Å². The van der Waals surface area contributed by atoms with E-state index in [1.165, 1.54) is 19.3 Å². The van der Waals surface area contributed by atoms with Crippen molar-refractivity contribution >= 4 is 32.7 Å². The normalized spacial score (nSPS) is 41.3. The largest absolute Gasteiger partial charge is 0.343 e. The van der Waals surface area contributed by atoms with Crippen molar-refractivity contribution in [1.82, 2.24) is 4.90 Å². The van der Waals surface area contributed by atoms with Gasteiger partial charge in [0.15, 0.2) is 15.0 Å². The molecule has 1 amide bonds. The van der Waals surface area contributed by atoms with E-state index in [0.717, 1.165) is 30.3 Å². The predicted octanol–water partition coefficient (Wildman–Crippen LogP) is 2.46. The molecule has 2 saturated heterocycles. The van der Waals surface area contributed by atoms with Crippen LogP contribution in [0.5, 0.6) is 0 Å². The van der Waals surface area contributed by atoms with Gasteiger partial charge < -0.3 is 4.90 Å². The summed E-state index contributed by atoms with van der Waals surface area (Å²) in [6.07, 6.45) is 7.34. The molecule has 0 aromatic rings. The summed E-state index contributed by atoms with van der Waals surface area (Å²) in [7, 11) is -2.95. The summed E-state index contributed by atoms with van der Waals surface area (Å²) in [5, 5.41) is 0.880. The molecule has 4 fully saturated rings. The first-order chi connectivity index (χ1) is 11.5. The minimum absolute atomic E-state index is 0.0297. The van der Waals surface area contributed by atoms with Crippen LogP contribution in [-0.2, 0) is 14.6 Å². The number of hydrogen-bond donors (Lipinski definition) is 0. The van der Waals surface area contributed by atoms with Crippen LogP contribution in [0.1, 0.15) is 51.9 Å². The predicted molar refractivity (Wildman–Crippen MR) is 96.9 cm³/mol. The Bertz CT molecular complexity index is 661. The first-order valence-corrected chi connectivity index (χ1v) is 11.9. The molecule has 4 aliphatic rings. The van der Waals surface area contributed by atoms with E-state index in [1.807, 2.05) is 0 Å². The highest BCUT2D eigenvalue weighted by Crippen LogP contribution is 2.51. The number of thioether (sulfide) groups is 1. The number of nitrogens with zero attached hydrogens (tertiary/aromatic N) is 2. The summed E-state index contributed by atoms with van der Waals surface area (Å²) in [6.45, 7) is 2.07. The minimum atomic E-state index is -2.95. The lowest BCUT2D eigenvalue weighted by Gasteiger charge is -2.36. The molecule has 2 bridgehead atoms. The number of amidine groups is 1. The summed E-state index contributed by atoms with van der Waals surface area (Å²) in [5.74, 6) is 1.88. The molecule has 24 heavy (non-hydrogen) atoms. The molecule has 2 aliphatic heterocycles. The van der Waals surface area contributed by atoms with Crippen LogP contribution in [0.2, 0.25) is 0 Å². The van der Waals surface area contributed by atoms with Gasteiger partial charge >= 0.3 is 0 Å². The molecule has 2 heterocycles. The van der Waals surface area contributed by atoms with Crippen LogP contribution in [0.25, 0.3) is 0 Å². The van der Waals surface area contributed by atoms with Gasteiger partial charge in [0.1, 0.15) is 0 Å². The van der Waals surface area contributed by atoms with Crippen molar-refractivity contribution in [3.8, 4) is 0 Å². The van der Waals surface area contributed by atoms with Gasteiger partial charge in [-0.1, -0.05) is 31.5 Å². The van der Waals surface area contributed by atoms with E-state index in [-0.39, 0.29) is 28.7 Å². The molecule has 0 spiro atoms. The molecule has 4 rings (SSSR count). The van der Waals surface area contributed by atoms with E-state index in [4.69, 9.17) is 0 Å². The molecule has 0 unspecified atom stereocenters. The van der Waals surface area contributed by atoms with Crippen molar-refractivity contribution < 1.29 is 13.2 Å². The highest BCUT2D eigenvalue weighted by atomic mass is 32.2. The maximum atomic E-state index is 12.2. The van der Waals surface area contributed by atoms with E-state index in [1.54, 1.807) is 11.8 Å². The number of carbonyl (C=O) groups excluding carboxylic acids is 1. The Hall–Kier alpha value is -0.560.